The lowest BCUT2D eigenvalue weighted by atomic mass is 10.1. The molecule has 0 amide bonds. The molecule has 7 nitrogen and oxygen atoms in total. The Morgan fingerprint density at radius 3 is 2.82 bits per heavy atom. The number of halogens is 1. The molecule has 0 aromatic carbocycles. The van der Waals surface area contributed by atoms with Gasteiger partial charge in [-0.05, 0) is 43.9 Å². The molecular formula is C20H36IN5O2. The molecule has 28 heavy (non-hydrogen) atoms. The summed E-state index contributed by atoms with van der Waals surface area (Å²) in [6.45, 7) is 12.6. The number of hydrogen-bond acceptors (Lipinski definition) is 5. The van der Waals surface area contributed by atoms with Gasteiger partial charge in [-0.15, -0.1) is 24.0 Å². The van der Waals surface area contributed by atoms with Crippen molar-refractivity contribution >= 4 is 29.9 Å². The van der Waals surface area contributed by atoms with Gasteiger partial charge in [-0.2, -0.15) is 0 Å². The van der Waals surface area contributed by atoms with Crippen LogP contribution in [0.1, 0.15) is 39.2 Å². The summed E-state index contributed by atoms with van der Waals surface area (Å²) in [5.41, 5.74) is 7.01. The summed E-state index contributed by atoms with van der Waals surface area (Å²) in [5.74, 6) is 1.72. The standard InChI is InChI=1S/C20H35N5O2.HI/c1-16(2)13-17(3)27-19-14-18(5-7-22-19)15-24-20(21)23-6-4-8-25-9-11-26-12-10-25;/h5,7,14,16-17H,4,6,8-13,15H2,1-3H3,(H3,21,23,24);1H. The van der Waals surface area contributed by atoms with Gasteiger partial charge in [-0.1, -0.05) is 13.8 Å². The van der Waals surface area contributed by atoms with Gasteiger partial charge in [0, 0.05) is 31.9 Å². The van der Waals surface area contributed by atoms with Crippen molar-refractivity contribution < 1.29 is 9.47 Å². The van der Waals surface area contributed by atoms with E-state index in [-0.39, 0.29) is 30.1 Å². The van der Waals surface area contributed by atoms with E-state index in [1.807, 2.05) is 12.1 Å². The SMILES string of the molecule is CC(C)CC(C)Oc1cc(CN=C(N)NCCCN2CCOCC2)ccn1.I. The van der Waals surface area contributed by atoms with Crippen molar-refractivity contribution in [3.05, 3.63) is 23.9 Å². The molecule has 1 fully saturated rings. The van der Waals surface area contributed by atoms with Crippen molar-refractivity contribution in [2.24, 2.45) is 16.6 Å². The first-order valence-corrected chi connectivity index (χ1v) is 9.98. The third kappa shape index (κ3) is 10.4. The topological polar surface area (TPSA) is 85.0 Å². The molecular weight excluding hydrogens is 469 g/mol. The fourth-order valence-corrected chi connectivity index (χ4v) is 3.11. The first-order chi connectivity index (χ1) is 13.0. The maximum absolute atomic E-state index is 5.97. The number of aliphatic imine (C=N–C) groups is 1. The van der Waals surface area contributed by atoms with E-state index in [9.17, 15) is 0 Å². The summed E-state index contributed by atoms with van der Waals surface area (Å²) in [7, 11) is 0. The van der Waals surface area contributed by atoms with Crippen molar-refractivity contribution in [1.82, 2.24) is 15.2 Å². The predicted octanol–water partition coefficient (Wildman–Crippen LogP) is 2.64. The van der Waals surface area contributed by atoms with Crippen LogP contribution in [0.5, 0.6) is 5.88 Å². The van der Waals surface area contributed by atoms with Crippen molar-refractivity contribution in [2.75, 3.05) is 39.4 Å². The van der Waals surface area contributed by atoms with Crippen LogP contribution < -0.4 is 15.8 Å². The molecule has 1 atom stereocenters. The van der Waals surface area contributed by atoms with Crippen molar-refractivity contribution in [2.45, 2.75) is 46.3 Å². The minimum atomic E-state index is 0. The molecule has 1 aromatic rings. The van der Waals surface area contributed by atoms with Crippen molar-refractivity contribution in [1.29, 1.82) is 0 Å². The molecule has 0 spiro atoms. The fraction of sp³-hybridized carbons (Fsp3) is 0.700. The Bertz CT molecular complexity index is 579. The van der Waals surface area contributed by atoms with Crippen LogP contribution in [0.25, 0.3) is 0 Å². The molecule has 1 aromatic heterocycles. The number of ether oxygens (including phenoxy) is 2. The molecule has 1 aliphatic heterocycles. The predicted molar refractivity (Wildman–Crippen MR) is 124 cm³/mol. The molecule has 0 saturated carbocycles. The zero-order valence-electron chi connectivity index (χ0n) is 17.4. The van der Waals surface area contributed by atoms with Crippen LogP contribution in [-0.2, 0) is 11.3 Å². The summed E-state index contributed by atoms with van der Waals surface area (Å²) >= 11 is 0. The van der Waals surface area contributed by atoms with Gasteiger partial charge in [-0.3, -0.25) is 4.90 Å². The highest BCUT2D eigenvalue weighted by molar-refractivity contribution is 14.0. The summed E-state index contributed by atoms with van der Waals surface area (Å²) in [4.78, 5) is 11.1. The Morgan fingerprint density at radius 1 is 1.36 bits per heavy atom. The molecule has 1 saturated heterocycles. The molecule has 0 radical (unpaired) electrons. The monoisotopic (exact) mass is 505 g/mol. The summed E-state index contributed by atoms with van der Waals surface area (Å²) in [6, 6.07) is 3.88. The Kier molecular flexibility index (Phi) is 12.4. The number of nitrogens with two attached hydrogens (primary N) is 1. The third-order valence-corrected chi connectivity index (χ3v) is 4.42. The van der Waals surface area contributed by atoms with E-state index in [0.29, 0.717) is 24.3 Å². The second-order valence-corrected chi connectivity index (χ2v) is 7.50. The van der Waals surface area contributed by atoms with Gasteiger partial charge in [0.05, 0.1) is 25.9 Å². The number of hydrogen-bond donors (Lipinski definition) is 2. The van der Waals surface area contributed by atoms with Gasteiger partial charge in [-0.25, -0.2) is 9.98 Å². The minimum Gasteiger partial charge on any atom is -0.475 e. The number of aromatic nitrogens is 1. The Hall–Kier alpha value is -1.13. The number of guanidine groups is 1. The van der Waals surface area contributed by atoms with E-state index in [1.165, 1.54) is 0 Å². The first kappa shape index (κ1) is 24.9. The third-order valence-electron chi connectivity index (χ3n) is 4.42. The Balaban J connectivity index is 0.00000392. The second-order valence-electron chi connectivity index (χ2n) is 7.50. The molecule has 160 valence electrons. The maximum atomic E-state index is 5.97. The molecule has 3 N–H and O–H groups in total. The van der Waals surface area contributed by atoms with Gasteiger partial charge in [0.2, 0.25) is 5.88 Å². The molecule has 1 aliphatic rings. The lowest BCUT2D eigenvalue weighted by Gasteiger charge is -2.26. The van der Waals surface area contributed by atoms with E-state index in [0.717, 1.165) is 57.8 Å². The van der Waals surface area contributed by atoms with Crippen LogP contribution in [0, 0.1) is 5.92 Å². The fourth-order valence-electron chi connectivity index (χ4n) is 3.11. The van der Waals surface area contributed by atoms with Crippen molar-refractivity contribution in [3.8, 4) is 5.88 Å². The van der Waals surface area contributed by atoms with Gasteiger partial charge in [0.1, 0.15) is 0 Å². The van der Waals surface area contributed by atoms with E-state index < -0.39 is 0 Å². The average molecular weight is 505 g/mol. The molecule has 8 heteroatoms. The van der Waals surface area contributed by atoms with Crippen LogP contribution in [0.2, 0.25) is 0 Å². The lowest BCUT2D eigenvalue weighted by molar-refractivity contribution is 0.0376. The number of nitrogens with zero attached hydrogens (tertiary/aromatic N) is 3. The second kappa shape index (κ2) is 13.9. The van der Waals surface area contributed by atoms with Crippen LogP contribution in [0.3, 0.4) is 0 Å². The van der Waals surface area contributed by atoms with Crippen LogP contribution in [0.4, 0.5) is 0 Å². The zero-order chi connectivity index (χ0) is 19.5. The van der Waals surface area contributed by atoms with E-state index in [2.05, 4.69) is 41.0 Å². The molecule has 0 bridgehead atoms. The largest absolute Gasteiger partial charge is 0.475 e. The minimum absolute atomic E-state index is 0. The summed E-state index contributed by atoms with van der Waals surface area (Å²) in [5, 5.41) is 3.18. The molecule has 0 aliphatic carbocycles. The first-order valence-electron chi connectivity index (χ1n) is 9.98. The van der Waals surface area contributed by atoms with Crippen molar-refractivity contribution in [3.63, 3.8) is 0 Å². The number of nitrogens with one attached hydrogen (secondary N) is 1. The highest BCUT2D eigenvalue weighted by Crippen LogP contribution is 2.15. The summed E-state index contributed by atoms with van der Waals surface area (Å²) < 4.78 is 11.2. The quantitative estimate of drug-likeness (QED) is 0.220. The number of pyridine rings is 1. The van der Waals surface area contributed by atoms with Crippen LogP contribution in [0.15, 0.2) is 23.3 Å². The average Bonchev–Trinajstić information content (AvgIpc) is 2.64. The van der Waals surface area contributed by atoms with Crippen LogP contribution >= 0.6 is 24.0 Å². The van der Waals surface area contributed by atoms with E-state index in [1.54, 1.807) is 6.20 Å². The van der Waals surface area contributed by atoms with Gasteiger partial charge in [0.25, 0.3) is 0 Å². The zero-order valence-corrected chi connectivity index (χ0v) is 19.7. The molecule has 2 rings (SSSR count). The highest BCUT2D eigenvalue weighted by Gasteiger charge is 2.09. The van der Waals surface area contributed by atoms with E-state index >= 15 is 0 Å². The number of morpholine rings is 1. The van der Waals surface area contributed by atoms with Gasteiger partial charge in [0.15, 0.2) is 5.96 Å². The molecule has 1 unspecified atom stereocenters. The maximum Gasteiger partial charge on any atom is 0.213 e. The summed E-state index contributed by atoms with van der Waals surface area (Å²) in [6.07, 6.45) is 3.95. The number of rotatable bonds is 10. The Morgan fingerprint density at radius 2 is 2.11 bits per heavy atom. The Labute approximate surface area is 186 Å². The molecule has 2 heterocycles. The van der Waals surface area contributed by atoms with Gasteiger partial charge >= 0.3 is 0 Å². The smallest absolute Gasteiger partial charge is 0.213 e. The normalized spacial score (nSPS) is 16.5. The lowest BCUT2D eigenvalue weighted by Crippen LogP contribution is -2.39. The van der Waals surface area contributed by atoms with Crippen LogP contribution in [-0.4, -0.2) is 61.3 Å². The van der Waals surface area contributed by atoms with E-state index in [4.69, 9.17) is 15.2 Å². The van der Waals surface area contributed by atoms with Gasteiger partial charge < -0.3 is 20.5 Å². The highest BCUT2D eigenvalue weighted by atomic mass is 127.